The summed E-state index contributed by atoms with van der Waals surface area (Å²) in [7, 11) is 0. The highest BCUT2D eigenvalue weighted by Crippen LogP contribution is 2.12. The first-order chi connectivity index (χ1) is 6.49. The van der Waals surface area contributed by atoms with E-state index in [-0.39, 0.29) is 0 Å². The first kappa shape index (κ1) is 11.1. The van der Waals surface area contributed by atoms with Gasteiger partial charge in [-0.25, -0.2) is 0 Å². The van der Waals surface area contributed by atoms with Crippen molar-refractivity contribution in [1.82, 2.24) is 4.98 Å². The van der Waals surface area contributed by atoms with Gasteiger partial charge in [0.25, 0.3) is 0 Å². The normalized spacial score (nSPS) is 10.4. The van der Waals surface area contributed by atoms with Crippen molar-refractivity contribution in [2.75, 3.05) is 5.32 Å². The van der Waals surface area contributed by atoms with Gasteiger partial charge in [0.05, 0.1) is 4.99 Å². The Morgan fingerprint density at radius 1 is 1.29 bits per heavy atom. The lowest BCUT2D eigenvalue weighted by molar-refractivity contribution is 0.898. The van der Waals surface area contributed by atoms with Gasteiger partial charge in [0, 0.05) is 23.0 Å². The molecule has 0 aromatic carbocycles. The molecule has 0 amide bonds. The summed E-state index contributed by atoms with van der Waals surface area (Å²) in [6.45, 7) is 8.12. The van der Waals surface area contributed by atoms with Crippen LogP contribution in [0.1, 0.15) is 25.2 Å². The van der Waals surface area contributed by atoms with Gasteiger partial charge >= 0.3 is 0 Å². The van der Waals surface area contributed by atoms with Crippen molar-refractivity contribution in [1.29, 1.82) is 0 Å². The van der Waals surface area contributed by atoms with Crippen LogP contribution in [0.2, 0.25) is 0 Å². The number of pyridine rings is 1. The lowest BCUT2D eigenvalue weighted by Crippen LogP contribution is -2.15. The van der Waals surface area contributed by atoms with E-state index in [1.807, 2.05) is 26.0 Å². The average Bonchev–Trinajstić information content (AvgIpc) is 2.01. The SMILES string of the molecule is Cc1cc(NC(=S)C(C)C)cc(C)n1. The maximum Gasteiger partial charge on any atom is 0.0823 e. The number of thiocarbonyl (C=S) groups is 1. The zero-order valence-electron chi connectivity index (χ0n) is 9.09. The Balaban J connectivity index is 2.82. The standard InChI is InChI=1S/C11H16N2S/c1-7(2)11(14)13-10-5-8(3)12-9(4)6-10/h5-7H,1-4H3,(H,12,13,14). The molecule has 1 aromatic heterocycles. The van der Waals surface area contributed by atoms with Crippen LogP contribution >= 0.6 is 12.2 Å². The van der Waals surface area contributed by atoms with Crippen molar-refractivity contribution in [2.45, 2.75) is 27.7 Å². The van der Waals surface area contributed by atoms with Gasteiger partial charge in [0.1, 0.15) is 0 Å². The number of rotatable bonds is 2. The second kappa shape index (κ2) is 4.51. The van der Waals surface area contributed by atoms with Crippen LogP contribution in [0.25, 0.3) is 0 Å². The van der Waals surface area contributed by atoms with Crippen molar-refractivity contribution in [3.8, 4) is 0 Å². The third-order valence-electron chi connectivity index (χ3n) is 1.87. The van der Waals surface area contributed by atoms with E-state index in [0.29, 0.717) is 5.92 Å². The zero-order chi connectivity index (χ0) is 10.7. The van der Waals surface area contributed by atoms with Gasteiger partial charge in [-0.3, -0.25) is 4.98 Å². The van der Waals surface area contributed by atoms with Crippen LogP contribution < -0.4 is 5.32 Å². The lowest BCUT2D eigenvalue weighted by atomic mass is 10.2. The molecule has 76 valence electrons. The fraction of sp³-hybridized carbons (Fsp3) is 0.455. The minimum Gasteiger partial charge on any atom is -0.350 e. The number of nitrogens with zero attached hydrogens (tertiary/aromatic N) is 1. The number of nitrogens with one attached hydrogen (secondary N) is 1. The van der Waals surface area contributed by atoms with Gasteiger partial charge in [0.15, 0.2) is 0 Å². The van der Waals surface area contributed by atoms with E-state index in [0.717, 1.165) is 22.1 Å². The summed E-state index contributed by atoms with van der Waals surface area (Å²) in [4.78, 5) is 5.17. The Bertz CT molecular complexity index is 325. The van der Waals surface area contributed by atoms with Crippen LogP contribution in [0, 0.1) is 19.8 Å². The number of aromatic nitrogens is 1. The Labute approximate surface area is 90.7 Å². The quantitative estimate of drug-likeness (QED) is 0.756. The minimum atomic E-state index is 0.374. The van der Waals surface area contributed by atoms with E-state index in [1.54, 1.807) is 0 Å². The van der Waals surface area contributed by atoms with Crippen LogP contribution in [-0.4, -0.2) is 9.97 Å². The number of aryl methyl sites for hydroxylation is 2. The van der Waals surface area contributed by atoms with Crippen LogP contribution in [0.4, 0.5) is 5.69 Å². The van der Waals surface area contributed by atoms with Gasteiger partial charge in [-0.05, 0) is 26.0 Å². The highest BCUT2D eigenvalue weighted by atomic mass is 32.1. The summed E-state index contributed by atoms with van der Waals surface area (Å²) >= 11 is 5.21. The van der Waals surface area contributed by atoms with Crippen molar-refractivity contribution in [3.63, 3.8) is 0 Å². The van der Waals surface area contributed by atoms with Crippen molar-refractivity contribution in [3.05, 3.63) is 23.5 Å². The molecule has 2 nitrogen and oxygen atoms in total. The Morgan fingerprint density at radius 2 is 1.79 bits per heavy atom. The number of anilines is 1. The van der Waals surface area contributed by atoms with E-state index in [2.05, 4.69) is 24.1 Å². The van der Waals surface area contributed by atoms with Crippen LogP contribution in [0.15, 0.2) is 12.1 Å². The molecule has 0 bridgehead atoms. The molecule has 1 heterocycles. The second-order valence-corrected chi connectivity index (χ2v) is 4.22. The van der Waals surface area contributed by atoms with Gasteiger partial charge in [-0.15, -0.1) is 0 Å². The highest BCUT2D eigenvalue weighted by molar-refractivity contribution is 7.80. The van der Waals surface area contributed by atoms with Crippen molar-refractivity contribution < 1.29 is 0 Å². The monoisotopic (exact) mass is 208 g/mol. The molecular formula is C11H16N2S. The summed E-state index contributed by atoms with van der Waals surface area (Å²) in [6.07, 6.45) is 0. The third-order valence-corrected chi connectivity index (χ3v) is 2.45. The molecule has 0 spiro atoms. The van der Waals surface area contributed by atoms with E-state index in [9.17, 15) is 0 Å². The zero-order valence-corrected chi connectivity index (χ0v) is 9.90. The molecular weight excluding hydrogens is 192 g/mol. The molecule has 0 atom stereocenters. The summed E-state index contributed by atoms with van der Waals surface area (Å²) in [5.74, 6) is 0.374. The van der Waals surface area contributed by atoms with Crippen LogP contribution in [0.5, 0.6) is 0 Å². The first-order valence-corrected chi connectivity index (χ1v) is 5.16. The average molecular weight is 208 g/mol. The molecule has 0 unspecified atom stereocenters. The number of hydrogen-bond donors (Lipinski definition) is 1. The molecule has 1 rings (SSSR count). The molecule has 0 saturated heterocycles. The van der Waals surface area contributed by atoms with E-state index >= 15 is 0 Å². The molecule has 0 aliphatic rings. The fourth-order valence-corrected chi connectivity index (χ4v) is 1.31. The topological polar surface area (TPSA) is 24.9 Å². The first-order valence-electron chi connectivity index (χ1n) is 4.75. The maximum atomic E-state index is 5.21. The minimum absolute atomic E-state index is 0.374. The van der Waals surface area contributed by atoms with Gasteiger partial charge < -0.3 is 5.32 Å². The molecule has 0 fully saturated rings. The molecule has 1 aromatic rings. The van der Waals surface area contributed by atoms with Crippen LogP contribution in [-0.2, 0) is 0 Å². The predicted molar refractivity (Wildman–Crippen MR) is 64.8 cm³/mol. The van der Waals surface area contributed by atoms with E-state index < -0.39 is 0 Å². The molecule has 1 N–H and O–H groups in total. The number of hydrogen-bond acceptors (Lipinski definition) is 2. The summed E-state index contributed by atoms with van der Waals surface area (Å²) in [5, 5.41) is 3.21. The van der Waals surface area contributed by atoms with E-state index in [1.165, 1.54) is 0 Å². The maximum absolute atomic E-state index is 5.21. The van der Waals surface area contributed by atoms with Crippen LogP contribution in [0.3, 0.4) is 0 Å². The van der Waals surface area contributed by atoms with Gasteiger partial charge in [-0.2, -0.15) is 0 Å². The van der Waals surface area contributed by atoms with Gasteiger partial charge in [0.2, 0.25) is 0 Å². The van der Waals surface area contributed by atoms with Crippen molar-refractivity contribution in [2.24, 2.45) is 5.92 Å². The third kappa shape index (κ3) is 3.07. The molecule has 0 aliphatic heterocycles. The summed E-state index contributed by atoms with van der Waals surface area (Å²) in [6, 6.07) is 4.00. The summed E-state index contributed by atoms with van der Waals surface area (Å²) in [5.41, 5.74) is 3.06. The highest BCUT2D eigenvalue weighted by Gasteiger charge is 2.03. The van der Waals surface area contributed by atoms with Gasteiger partial charge in [-0.1, -0.05) is 26.1 Å². The van der Waals surface area contributed by atoms with Crippen molar-refractivity contribution >= 4 is 22.9 Å². The second-order valence-electron chi connectivity index (χ2n) is 3.78. The molecule has 0 radical (unpaired) electrons. The molecule has 0 saturated carbocycles. The molecule has 3 heteroatoms. The predicted octanol–water partition coefficient (Wildman–Crippen LogP) is 3.09. The molecule has 14 heavy (non-hydrogen) atoms. The Hall–Kier alpha value is -0.960. The summed E-state index contributed by atoms with van der Waals surface area (Å²) < 4.78 is 0. The fourth-order valence-electron chi connectivity index (χ4n) is 1.19. The smallest absolute Gasteiger partial charge is 0.0823 e. The van der Waals surface area contributed by atoms with E-state index in [4.69, 9.17) is 12.2 Å². The largest absolute Gasteiger partial charge is 0.350 e. The Kier molecular flexibility index (Phi) is 3.58. The lowest BCUT2D eigenvalue weighted by Gasteiger charge is -2.11. The molecule has 0 aliphatic carbocycles. The Morgan fingerprint density at radius 3 is 2.21 bits per heavy atom.